The molecule has 0 spiro atoms. The minimum absolute atomic E-state index is 0.0114. The van der Waals surface area contributed by atoms with Crippen LogP contribution in [0.3, 0.4) is 0 Å². The molecule has 0 atom stereocenters. The molecule has 0 aliphatic carbocycles. The number of ether oxygens (including phenoxy) is 3. The Hall–Kier alpha value is -4.28. The monoisotopic (exact) mass is 473 g/mol. The van der Waals surface area contributed by atoms with Crippen molar-refractivity contribution in [2.45, 2.75) is 12.9 Å². The topological polar surface area (TPSA) is 81.2 Å². The number of nitrogens with zero attached hydrogens (tertiary/aromatic N) is 3. The molecular formula is C23H18F3N3O5. The third kappa shape index (κ3) is 5.20. The third-order valence-corrected chi connectivity index (χ3v) is 4.80. The van der Waals surface area contributed by atoms with Crippen LogP contribution < -0.4 is 19.1 Å². The van der Waals surface area contributed by atoms with Crippen molar-refractivity contribution in [3.8, 4) is 23.1 Å². The van der Waals surface area contributed by atoms with Crippen LogP contribution in [-0.2, 0) is 11.3 Å². The first-order valence-electron chi connectivity index (χ1n) is 9.97. The lowest BCUT2D eigenvalue weighted by Crippen LogP contribution is -2.33. The summed E-state index contributed by atoms with van der Waals surface area (Å²) in [6, 6.07) is 14.8. The summed E-state index contributed by atoms with van der Waals surface area (Å²) in [5.41, 5.74) is 0.683. The Kier molecular flexibility index (Phi) is 6.26. The number of pyridine rings is 1. The van der Waals surface area contributed by atoms with Gasteiger partial charge in [-0.05, 0) is 35.9 Å². The van der Waals surface area contributed by atoms with Gasteiger partial charge in [-0.15, -0.1) is 13.2 Å². The molecule has 3 aromatic rings. The number of carbonyl (C=O) groups excluding carboxylic acids is 2. The molecule has 0 N–H and O–H groups in total. The van der Waals surface area contributed by atoms with Crippen LogP contribution in [0.15, 0.2) is 66.9 Å². The molecule has 34 heavy (non-hydrogen) atoms. The highest BCUT2D eigenvalue weighted by Gasteiger charge is 2.39. The minimum Gasteiger partial charge on any atom is -0.494 e. The van der Waals surface area contributed by atoms with E-state index in [0.717, 1.165) is 23.1 Å². The molecule has 11 heteroatoms. The third-order valence-electron chi connectivity index (χ3n) is 4.80. The molecule has 0 unspecified atom stereocenters. The first-order chi connectivity index (χ1) is 16.2. The Balaban J connectivity index is 1.51. The number of hydrogen-bond donors (Lipinski definition) is 0. The highest BCUT2D eigenvalue weighted by Crippen LogP contribution is 2.36. The van der Waals surface area contributed by atoms with E-state index in [1.165, 1.54) is 18.2 Å². The molecule has 2 aromatic carbocycles. The van der Waals surface area contributed by atoms with Crippen LogP contribution >= 0.6 is 0 Å². The number of anilines is 1. The number of benzene rings is 2. The average Bonchev–Trinajstić information content (AvgIpc) is 3.06. The Morgan fingerprint density at radius 1 is 1.00 bits per heavy atom. The Morgan fingerprint density at radius 2 is 1.76 bits per heavy atom. The number of urea groups is 1. The van der Waals surface area contributed by atoms with Gasteiger partial charge in [0.15, 0.2) is 0 Å². The van der Waals surface area contributed by atoms with Crippen molar-refractivity contribution in [1.82, 2.24) is 9.88 Å². The lowest BCUT2D eigenvalue weighted by molar-refractivity contribution is -0.274. The summed E-state index contributed by atoms with van der Waals surface area (Å²) in [6.45, 7) is -0.133. The number of hydrogen-bond acceptors (Lipinski definition) is 6. The second-order valence-corrected chi connectivity index (χ2v) is 7.17. The first kappa shape index (κ1) is 22.9. The van der Waals surface area contributed by atoms with Crippen molar-refractivity contribution in [2.24, 2.45) is 0 Å². The zero-order chi connectivity index (χ0) is 24.3. The van der Waals surface area contributed by atoms with Crippen LogP contribution in [-0.4, -0.2) is 41.8 Å². The number of para-hydroxylation sites is 1. The Morgan fingerprint density at radius 3 is 2.47 bits per heavy atom. The van der Waals surface area contributed by atoms with Crippen molar-refractivity contribution < 1.29 is 37.0 Å². The first-order valence-corrected chi connectivity index (χ1v) is 9.97. The Bertz CT molecular complexity index is 1200. The van der Waals surface area contributed by atoms with E-state index >= 15 is 0 Å². The number of carbonyl (C=O) groups is 2. The van der Waals surface area contributed by atoms with Gasteiger partial charge in [0.2, 0.25) is 5.88 Å². The molecule has 1 fully saturated rings. The van der Waals surface area contributed by atoms with Crippen molar-refractivity contribution >= 4 is 17.6 Å². The average molecular weight is 473 g/mol. The fourth-order valence-electron chi connectivity index (χ4n) is 3.38. The fourth-order valence-corrected chi connectivity index (χ4v) is 3.38. The molecule has 1 aliphatic heterocycles. The zero-order valence-corrected chi connectivity index (χ0v) is 17.8. The quantitative estimate of drug-likeness (QED) is 0.461. The van der Waals surface area contributed by atoms with Crippen LogP contribution in [0, 0.1) is 0 Å². The summed E-state index contributed by atoms with van der Waals surface area (Å²) >= 11 is 0. The lowest BCUT2D eigenvalue weighted by atomic mass is 10.2. The van der Waals surface area contributed by atoms with Gasteiger partial charge in [-0.25, -0.2) is 14.7 Å². The molecule has 4 rings (SSSR count). The number of aromatic nitrogens is 1. The molecule has 2 heterocycles. The summed E-state index contributed by atoms with van der Waals surface area (Å²) < 4.78 is 52.2. The van der Waals surface area contributed by atoms with Gasteiger partial charge in [0, 0.05) is 24.9 Å². The number of amides is 3. The molecule has 0 bridgehead atoms. The largest absolute Gasteiger partial charge is 0.573 e. The molecule has 1 saturated heterocycles. The van der Waals surface area contributed by atoms with Crippen LogP contribution in [0.1, 0.15) is 5.56 Å². The van der Waals surface area contributed by atoms with Gasteiger partial charge in [0.05, 0.1) is 12.8 Å². The van der Waals surface area contributed by atoms with E-state index in [9.17, 15) is 22.8 Å². The van der Waals surface area contributed by atoms with Crippen LogP contribution in [0.5, 0.6) is 23.1 Å². The van der Waals surface area contributed by atoms with Gasteiger partial charge in [0.25, 0.3) is 5.91 Å². The van der Waals surface area contributed by atoms with Gasteiger partial charge in [-0.3, -0.25) is 4.79 Å². The van der Waals surface area contributed by atoms with E-state index in [4.69, 9.17) is 9.47 Å². The zero-order valence-electron chi connectivity index (χ0n) is 17.8. The van der Waals surface area contributed by atoms with Crippen molar-refractivity contribution in [2.75, 3.05) is 18.6 Å². The summed E-state index contributed by atoms with van der Waals surface area (Å²) in [5.74, 6) is -0.293. The maximum absolute atomic E-state index is 13.0. The minimum atomic E-state index is -4.89. The van der Waals surface area contributed by atoms with Crippen LogP contribution in [0.2, 0.25) is 0 Å². The van der Waals surface area contributed by atoms with E-state index in [2.05, 4.69) is 9.72 Å². The van der Waals surface area contributed by atoms with Gasteiger partial charge >= 0.3 is 12.4 Å². The maximum atomic E-state index is 13.0. The summed E-state index contributed by atoms with van der Waals surface area (Å²) in [5, 5.41) is 0. The fraction of sp³-hybridized carbons (Fsp3) is 0.174. The molecule has 1 aliphatic rings. The van der Waals surface area contributed by atoms with Gasteiger partial charge in [0.1, 0.15) is 23.8 Å². The lowest BCUT2D eigenvalue weighted by Gasteiger charge is -2.20. The second-order valence-electron chi connectivity index (χ2n) is 7.17. The number of alkyl halides is 3. The smallest absolute Gasteiger partial charge is 0.494 e. The highest BCUT2D eigenvalue weighted by molar-refractivity contribution is 6.20. The normalized spacial score (nSPS) is 13.9. The molecular weight excluding hydrogens is 455 g/mol. The number of methoxy groups -OCH3 is 1. The van der Waals surface area contributed by atoms with Gasteiger partial charge < -0.3 is 19.1 Å². The summed E-state index contributed by atoms with van der Waals surface area (Å²) in [6.07, 6.45) is -3.37. The van der Waals surface area contributed by atoms with E-state index in [0.29, 0.717) is 17.2 Å². The second kappa shape index (κ2) is 9.30. The standard InChI is InChI=1S/C23H18F3N3O5/c1-32-19-12-17(34-23(24,25)26)7-8-18(19)29-21(30)14-28(22(29)31)13-15-9-10-27-20(11-15)33-16-5-3-2-4-6-16/h2-12H,13-14H2,1H3. The van der Waals surface area contributed by atoms with E-state index < -0.39 is 24.1 Å². The number of halogens is 3. The number of rotatable bonds is 7. The van der Waals surface area contributed by atoms with Crippen molar-refractivity contribution in [3.05, 3.63) is 72.4 Å². The molecule has 8 nitrogen and oxygen atoms in total. The molecule has 176 valence electrons. The van der Waals surface area contributed by atoms with Crippen molar-refractivity contribution in [3.63, 3.8) is 0 Å². The SMILES string of the molecule is COc1cc(OC(F)(F)F)ccc1N1C(=O)CN(Cc2ccnc(Oc3ccccc3)c2)C1=O. The number of imide groups is 1. The van der Waals surface area contributed by atoms with E-state index in [1.54, 1.807) is 24.3 Å². The summed E-state index contributed by atoms with van der Waals surface area (Å²) in [7, 11) is 1.21. The maximum Gasteiger partial charge on any atom is 0.573 e. The predicted molar refractivity (Wildman–Crippen MR) is 114 cm³/mol. The van der Waals surface area contributed by atoms with Gasteiger partial charge in [-0.1, -0.05) is 18.2 Å². The summed E-state index contributed by atoms with van der Waals surface area (Å²) in [4.78, 5) is 31.9. The van der Waals surface area contributed by atoms with Crippen molar-refractivity contribution in [1.29, 1.82) is 0 Å². The van der Waals surface area contributed by atoms with E-state index in [1.807, 2.05) is 18.2 Å². The molecule has 3 amide bonds. The van der Waals surface area contributed by atoms with Crippen LogP contribution in [0.4, 0.5) is 23.7 Å². The Labute approximate surface area is 192 Å². The molecule has 1 aromatic heterocycles. The van der Waals surface area contributed by atoms with E-state index in [-0.39, 0.29) is 24.5 Å². The van der Waals surface area contributed by atoms with Gasteiger partial charge in [-0.2, -0.15) is 0 Å². The molecule has 0 radical (unpaired) electrons. The molecule has 0 saturated carbocycles. The predicted octanol–water partition coefficient (Wildman–Crippen LogP) is 4.75. The highest BCUT2D eigenvalue weighted by atomic mass is 19.4. The van der Waals surface area contributed by atoms with Crippen LogP contribution in [0.25, 0.3) is 0 Å².